The summed E-state index contributed by atoms with van der Waals surface area (Å²) >= 11 is 0. The van der Waals surface area contributed by atoms with E-state index in [1.165, 1.54) is 13.0 Å². The van der Waals surface area contributed by atoms with Gasteiger partial charge in [0.05, 0.1) is 6.10 Å². The highest BCUT2D eigenvalue weighted by Gasteiger charge is 2.47. The van der Waals surface area contributed by atoms with Crippen LogP contribution in [0.3, 0.4) is 0 Å². The zero-order chi connectivity index (χ0) is 32.2. The molecule has 2 aliphatic rings. The molecule has 1 aromatic heterocycles. The van der Waals surface area contributed by atoms with Crippen molar-refractivity contribution in [3.8, 4) is 40.1 Å². The van der Waals surface area contributed by atoms with Crippen LogP contribution < -0.4 is 14.9 Å². The molecule has 17 nitrogen and oxygen atoms in total. The molecule has 0 bridgehead atoms. The van der Waals surface area contributed by atoms with E-state index in [1.807, 2.05) is 0 Å². The minimum atomic E-state index is -2.05. The Morgan fingerprint density at radius 1 is 0.773 bits per heavy atom. The van der Waals surface area contributed by atoms with Crippen LogP contribution in [-0.4, -0.2) is 118 Å². The molecule has 10 atom stereocenters. The number of ether oxygens (including phenoxy) is 4. The maximum absolute atomic E-state index is 13.7. The van der Waals surface area contributed by atoms with Crippen molar-refractivity contribution in [2.24, 2.45) is 0 Å². The van der Waals surface area contributed by atoms with E-state index >= 15 is 0 Å². The number of rotatable bonds is 5. The van der Waals surface area contributed by atoms with Crippen molar-refractivity contribution in [1.29, 1.82) is 0 Å². The molecular weight excluding hydrogens is 596 g/mol. The third-order valence-electron chi connectivity index (χ3n) is 7.23. The summed E-state index contributed by atoms with van der Waals surface area (Å²) in [5.41, 5.74) is -1.57. The van der Waals surface area contributed by atoms with E-state index in [0.29, 0.717) is 0 Å². The Bertz CT molecular complexity index is 1620. The molecule has 238 valence electrons. The first-order valence-electron chi connectivity index (χ1n) is 13.0. The fourth-order valence-electron chi connectivity index (χ4n) is 4.74. The Balaban J connectivity index is 1.57. The number of phenols is 3. The molecule has 3 heterocycles. The third-order valence-corrected chi connectivity index (χ3v) is 7.23. The van der Waals surface area contributed by atoms with Crippen LogP contribution >= 0.6 is 0 Å². The van der Waals surface area contributed by atoms with Crippen LogP contribution in [0.5, 0.6) is 28.7 Å². The van der Waals surface area contributed by atoms with Crippen LogP contribution in [0.25, 0.3) is 22.3 Å². The van der Waals surface area contributed by atoms with Crippen LogP contribution in [0, 0.1) is 0 Å². The molecule has 2 aromatic carbocycles. The Morgan fingerprint density at radius 2 is 1.45 bits per heavy atom. The van der Waals surface area contributed by atoms with E-state index in [-0.39, 0.29) is 5.56 Å². The van der Waals surface area contributed by atoms with Gasteiger partial charge in [-0.3, -0.25) is 4.79 Å². The number of aromatic hydroxyl groups is 3. The molecule has 2 saturated heterocycles. The van der Waals surface area contributed by atoms with Crippen molar-refractivity contribution in [3.05, 3.63) is 40.6 Å². The first-order chi connectivity index (χ1) is 20.7. The average Bonchev–Trinajstić information content (AvgIpc) is 2.97. The molecule has 0 spiro atoms. The standard InChI is InChI=1S/C27H28O17/c1-7-15(31)17(33)21(37)27(40-7)44-23-16(32)14-12(30)5-9(41-26(39)24-19(35)18(34)20(36)25(38)43-24)6-13(14)42-22(23)8-2-3-10(28)11(29)4-8/h2-7,15,17-21,24-25,27-31,33-38H,1H3/t7-,15-,17+,18-,19-,20+,21+,24-,25+,27+/m0/s1. The van der Waals surface area contributed by atoms with E-state index in [4.69, 9.17) is 23.4 Å². The van der Waals surface area contributed by atoms with Crippen LogP contribution in [0.15, 0.2) is 39.5 Å². The number of phenolic OH excluding ortho intramolecular Hbond substituents is 3. The highest BCUT2D eigenvalue weighted by molar-refractivity contribution is 5.89. The molecule has 3 aromatic rings. The zero-order valence-electron chi connectivity index (χ0n) is 22.5. The van der Waals surface area contributed by atoms with Gasteiger partial charge in [-0.25, -0.2) is 4.79 Å². The maximum Gasteiger partial charge on any atom is 0.343 e. The molecule has 2 fully saturated rings. The van der Waals surface area contributed by atoms with Gasteiger partial charge in [0.1, 0.15) is 59.1 Å². The predicted octanol–water partition coefficient (Wildman–Crippen LogP) is -2.51. The summed E-state index contributed by atoms with van der Waals surface area (Å²) in [5, 5.41) is 100.0. The molecule has 0 unspecified atom stereocenters. The fraction of sp³-hybridized carbons (Fsp3) is 0.407. The number of carbonyl (C=O) groups is 1. The number of fused-ring (bicyclic) bond motifs is 1. The molecule has 17 heteroatoms. The number of hydrogen-bond acceptors (Lipinski definition) is 17. The maximum atomic E-state index is 13.7. The smallest absolute Gasteiger partial charge is 0.343 e. The summed E-state index contributed by atoms with van der Waals surface area (Å²) in [4.78, 5) is 26.4. The quantitative estimate of drug-likeness (QED) is 0.0796. The van der Waals surface area contributed by atoms with Gasteiger partial charge in [-0.2, -0.15) is 0 Å². The summed E-state index contributed by atoms with van der Waals surface area (Å²) < 4.78 is 26.8. The van der Waals surface area contributed by atoms with E-state index < -0.39 is 118 Å². The average molecular weight is 625 g/mol. The Morgan fingerprint density at radius 3 is 2.14 bits per heavy atom. The second-order valence-corrected chi connectivity index (χ2v) is 10.2. The molecule has 2 aliphatic heterocycles. The van der Waals surface area contributed by atoms with Gasteiger partial charge in [-0.05, 0) is 25.1 Å². The van der Waals surface area contributed by atoms with Crippen molar-refractivity contribution < 1.29 is 79.2 Å². The van der Waals surface area contributed by atoms with E-state index in [0.717, 1.165) is 24.3 Å². The van der Waals surface area contributed by atoms with Gasteiger partial charge in [-0.1, -0.05) is 0 Å². The lowest BCUT2D eigenvalue weighted by atomic mass is 9.99. The van der Waals surface area contributed by atoms with Crippen LogP contribution in [0.1, 0.15) is 6.92 Å². The molecule has 5 rings (SSSR count). The van der Waals surface area contributed by atoms with Gasteiger partial charge in [-0.15, -0.1) is 0 Å². The number of aliphatic hydroxyl groups is 7. The molecular formula is C27H28O17. The lowest BCUT2D eigenvalue weighted by Gasteiger charge is -2.38. The number of aliphatic hydroxyl groups excluding tert-OH is 7. The SMILES string of the molecule is C[C@@H]1O[C@H](Oc2c(-c3ccc(O)c(O)c3)oc3cc(OC(=O)[C@H]4O[C@@H](O)[C@H](O)[C@@H](O)[C@@H]4O)cc(O)c3c2=O)[C@H](O)[C@H](O)[C@H]1O. The molecule has 0 amide bonds. The zero-order valence-corrected chi connectivity index (χ0v) is 22.5. The Hall–Kier alpha value is -4.04. The van der Waals surface area contributed by atoms with E-state index in [1.54, 1.807) is 0 Å². The second kappa shape index (κ2) is 11.8. The lowest BCUT2D eigenvalue weighted by molar-refractivity contribution is -0.279. The second-order valence-electron chi connectivity index (χ2n) is 10.2. The number of esters is 1. The van der Waals surface area contributed by atoms with Crippen molar-refractivity contribution >= 4 is 16.9 Å². The summed E-state index contributed by atoms with van der Waals surface area (Å²) in [6.07, 6.45) is -17.8. The number of carbonyl (C=O) groups excluding carboxylic acids is 1. The Labute approximate surface area is 245 Å². The highest BCUT2D eigenvalue weighted by Crippen LogP contribution is 2.39. The van der Waals surface area contributed by atoms with Gasteiger partial charge in [0.2, 0.25) is 17.5 Å². The van der Waals surface area contributed by atoms with Gasteiger partial charge < -0.3 is 74.4 Å². The third kappa shape index (κ3) is 5.52. The van der Waals surface area contributed by atoms with Crippen LogP contribution in [-0.2, 0) is 14.3 Å². The van der Waals surface area contributed by atoms with Crippen LogP contribution in [0.4, 0.5) is 0 Å². The van der Waals surface area contributed by atoms with Crippen molar-refractivity contribution in [3.63, 3.8) is 0 Å². The molecule has 0 aliphatic carbocycles. The molecule has 10 N–H and O–H groups in total. The van der Waals surface area contributed by atoms with Gasteiger partial charge in [0.25, 0.3) is 0 Å². The number of benzene rings is 2. The van der Waals surface area contributed by atoms with E-state index in [2.05, 4.69) is 0 Å². The first-order valence-corrected chi connectivity index (χ1v) is 13.0. The molecule has 0 saturated carbocycles. The predicted molar refractivity (Wildman–Crippen MR) is 140 cm³/mol. The van der Waals surface area contributed by atoms with Crippen molar-refractivity contribution in [2.75, 3.05) is 0 Å². The lowest BCUT2D eigenvalue weighted by Crippen LogP contribution is -2.60. The monoisotopic (exact) mass is 624 g/mol. The normalized spacial score (nSPS) is 32.4. The minimum absolute atomic E-state index is 0.0737. The van der Waals surface area contributed by atoms with Crippen molar-refractivity contribution in [2.45, 2.75) is 68.3 Å². The minimum Gasteiger partial charge on any atom is -0.507 e. The van der Waals surface area contributed by atoms with E-state index in [9.17, 15) is 60.7 Å². The first kappa shape index (κ1) is 31.4. The summed E-state index contributed by atoms with van der Waals surface area (Å²) in [7, 11) is 0. The summed E-state index contributed by atoms with van der Waals surface area (Å²) in [6, 6.07) is 5.02. The van der Waals surface area contributed by atoms with Crippen LogP contribution in [0.2, 0.25) is 0 Å². The highest BCUT2D eigenvalue weighted by atomic mass is 16.7. The van der Waals surface area contributed by atoms with Gasteiger partial charge >= 0.3 is 5.97 Å². The van der Waals surface area contributed by atoms with Gasteiger partial charge in [0, 0.05) is 17.7 Å². The number of hydrogen-bond donors (Lipinski definition) is 10. The largest absolute Gasteiger partial charge is 0.507 e. The van der Waals surface area contributed by atoms with Crippen molar-refractivity contribution in [1.82, 2.24) is 0 Å². The molecule has 0 radical (unpaired) electrons. The Kier molecular flexibility index (Phi) is 8.42. The topological polar surface area (TPSA) is 286 Å². The molecule has 44 heavy (non-hydrogen) atoms. The summed E-state index contributed by atoms with van der Waals surface area (Å²) in [6.45, 7) is 1.37. The fourth-order valence-corrected chi connectivity index (χ4v) is 4.74. The van der Waals surface area contributed by atoms with Gasteiger partial charge in [0.15, 0.2) is 29.7 Å². The summed E-state index contributed by atoms with van der Waals surface area (Å²) in [5.74, 6) is -4.97.